The summed E-state index contributed by atoms with van der Waals surface area (Å²) in [5.41, 5.74) is 0. The molecule has 112 valence electrons. The zero-order valence-corrected chi connectivity index (χ0v) is 12.0. The van der Waals surface area contributed by atoms with Crippen molar-refractivity contribution in [1.82, 2.24) is 9.88 Å². The molecule has 0 aromatic carbocycles. The standard InChI is InChI=1S/C16H20N2O3/c19-16(12-5-7-20-10-12)18-9-11-3-4-14(18)15(11)21-13-2-1-6-17-8-13/h1-2,6,8,11-12,14-15H,3-5,7,9-10H2/t11-,12+,14+,15+/m1/s1. The molecule has 3 heterocycles. The molecule has 0 N–H and O–H groups in total. The zero-order chi connectivity index (χ0) is 14.2. The Morgan fingerprint density at radius 2 is 2.33 bits per heavy atom. The van der Waals surface area contributed by atoms with E-state index in [9.17, 15) is 4.79 Å². The molecule has 1 amide bonds. The summed E-state index contributed by atoms with van der Waals surface area (Å²) in [7, 11) is 0. The van der Waals surface area contributed by atoms with Gasteiger partial charge in [-0.3, -0.25) is 9.78 Å². The summed E-state index contributed by atoms with van der Waals surface area (Å²) in [5, 5.41) is 0. The first-order valence-electron chi connectivity index (χ1n) is 7.78. The molecule has 4 rings (SSSR count). The van der Waals surface area contributed by atoms with Gasteiger partial charge >= 0.3 is 0 Å². The van der Waals surface area contributed by atoms with Crippen LogP contribution in [0.25, 0.3) is 0 Å². The molecule has 0 unspecified atom stereocenters. The number of piperidine rings is 1. The molecule has 0 radical (unpaired) electrons. The molecule has 1 saturated carbocycles. The van der Waals surface area contributed by atoms with E-state index >= 15 is 0 Å². The maximum Gasteiger partial charge on any atom is 0.228 e. The van der Waals surface area contributed by atoms with Gasteiger partial charge in [0.2, 0.25) is 5.91 Å². The van der Waals surface area contributed by atoms with Crippen molar-refractivity contribution in [3.05, 3.63) is 24.5 Å². The lowest BCUT2D eigenvalue weighted by Gasteiger charge is -2.29. The van der Waals surface area contributed by atoms with E-state index in [0.29, 0.717) is 19.1 Å². The second-order valence-corrected chi connectivity index (χ2v) is 6.23. The number of nitrogens with zero attached hydrogens (tertiary/aromatic N) is 2. The number of rotatable bonds is 3. The maximum absolute atomic E-state index is 12.6. The third-order valence-corrected chi connectivity index (χ3v) is 4.98. The summed E-state index contributed by atoms with van der Waals surface area (Å²) in [4.78, 5) is 18.8. The van der Waals surface area contributed by atoms with Crippen LogP contribution in [0.4, 0.5) is 0 Å². The van der Waals surface area contributed by atoms with Crippen LogP contribution in [0.5, 0.6) is 5.75 Å². The molecule has 3 fully saturated rings. The largest absolute Gasteiger partial charge is 0.486 e. The Labute approximate surface area is 124 Å². The zero-order valence-electron chi connectivity index (χ0n) is 12.0. The van der Waals surface area contributed by atoms with Crippen LogP contribution >= 0.6 is 0 Å². The molecule has 21 heavy (non-hydrogen) atoms. The lowest BCUT2D eigenvalue weighted by molar-refractivity contribution is -0.137. The average Bonchev–Trinajstić information content (AvgIpc) is 3.24. The van der Waals surface area contributed by atoms with Crippen LogP contribution in [0.15, 0.2) is 24.5 Å². The smallest absolute Gasteiger partial charge is 0.228 e. The first-order valence-corrected chi connectivity index (χ1v) is 7.78. The number of carbonyl (C=O) groups excluding carboxylic acids is 1. The van der Waals surface area contributed by atoms with Crippen molar-refractivity contribution < 1.29 is 14.3 Å². The molecular weight excluding hydrogens is 268 g/mol. The number of ether oxygens (including phenoxy) is 2. The van der Waals surface area contributed by atoms with E-state index in [1.165, 1.54) is 0 Å². The Kier molecular flexibility index (Phi) is 3.30. The third-order valence-electron chi connectivity index (χ3n) is 4.98. The number of carbonyl (C=O) groups is 1. The fraction of sp³-hybridized carbons (Fsp3) is 0.625. The van der Waals surface area contributed by atoms with Crippen LogP contribution in [-0.4, -0.2) is 47.7 Å². The van der Waals surface area contributed by atoms with Crippen molar-refractivity contribution in [3.8, 4) is 5.75 Å². The van der Waals surface area contributed by atoms with E-state index in [1.54, 1.807) is 12.4 Å². The molecule has 1 aromatic rings. The molecule has 2 bridgehead atoms. The lowest BCUT2D eigenvalue weighted by atomic mass is 10.0. The molecule has 3 aliphatic rings. The fourth-order valence-corrected chi connectivity index (χ4v) is 3.91. The molecule has 5 nitrogen and oxygen atoms in total. The highest BCUT2D eigenvalue weighted by Crippen LogP contribution is 2.41. The van der Waals surface area contributed by atoms with Gasteiger partial charge in [0, 0.05) is 25.3 Å². The Balaban J connectivity index is 1.47. The van der Waals surface area contributed by atoms with Gasteiger partial charge in [-0.1, -0.05) is 0 Å². The van der Waals surface area contributed by atoms with E-state index in [1.807, 2.05) is 12.1 Å². The first-order chi connectivity index (χ1) is 10.3. The number of pyridine rings is 1. The summed E-state index contributed by atoms with van der Waals surface area (Å²) in [6.45, 7) is 2.14. The van der Waals surface area contributed by atoms with Crippen molar-refractivity contribution in [2.24, 2.45) is 11.8 Å². The minimum atomic E-state index is 0.0587. The molecule has 4 atom stereocenters. The van der Waals surface area contributed by atoms with Gasteiger partial charge in [0.25, 0.3) is 0 Å². The average molecular weight is 288 g/mol. The van der Waals surface area contributed by atoms with Crippen molar-refractivity contribution in [1.29, 1.82) is 0 Å². The van der Waals surface area contributed by atoms with Gasteiger partial charge in [-0.05, 0) is 31.4 Å². The summed E-state index contributed by atoms with van der Waals surface area (Å²) >= 11 is 0. The quantitative estimate of drug-likeness (QED) is 0.845. The highest BCUT2D eigenvalue weighted by molar-refractivity contribution is 5.80. The number of aromatic nitrogens is 1. The van der Waals surface area contributed by atoms with Gasteiger partial charge in [0.05, 0.1) is 24.8 Å². The highest BCUT2D eigenvalue weighted by Gasteiger charge is 2.51. The van der Waals surface area contributed by atoms with Crippen LogP contribution in [0.2, 0.25) is 0 Å². The van der Waals surface area contributed by atoms with Crippen molar-refractivity contribution >= 4 is 5.91 Å². The second kappa shape index (κ2) is 5.30. The van der Waals surface area contributed by atoms with Gasteiger partial charge in [0.15, 0.2) is 0 Å². The molecule has 1 aliphatic carbocycles. The molecule has 2 saturated heterocycles. The minimum absolute atomic E-state index is 0.0587. The molecular formula is C16H20N2O3. The Morgan fingerprint density at radius 3 is 3.10 bits per heavy atom. The topological polar surface area (TPSA) is 51.7 Å². The van der Waals surface area contributed by atoms with Crippen LogP contribution in [0.3, 0.4) is 0 Å². The van der Waals surface area contributed by atoms with Crippen LogP contribution < -0.4 is 4.74 Å². The van der Waals surface area contributed by atoms with Gasteiger partial charge in [-0.25, -0.2) is 0 Å². The van der Waals surface area contributed by atoms with E-state index in [0.717, 1.165) is 31.6 Å². The minimum Gasteiger partial charge on any atom is -0.486 e. The normalized spacial score (nSPS) is 34.4. The summed E-state index contributed by atoms with van der Waals surface area (Å²) in [6, 6.07) is 4.04. The summed E-state index contributed by atoms with van der Waals surface area (Å²) in [6.07, 6.45) is 6.68. The van der Waals surface area contributed by atoms with E-state index in [2.05, 4.69) is 9.88 Å². The van der Waals surface area contributed by atoms with Gasteiger partial charge < -0.3 is 14.4 Å². The van der Waals surface area contributed by atoms with Crippen LogP contribution in [-0.2, 0) is 9.53 Å². The van der Waals surface area contributed by atoms with Crippen molar-refractivity contribution in [3.63, 3.8) is 0 Å². The number of fused-ring (bicyclic) bond motifs is 2. The van der Waals surface area contributed by atoms with Gasteiger partial charge in [0.1, 0.15) is 11.9 Å². The maximum atomic E-state index is 12.6. The molecule has 0 spiro atoms. The Morgan fingerprint density at radius 1 is 1.38 bits per heavy atom. The van der Waals surface area contributed by atoms with Crippen LogP contribution in [0, 0.1) is 11.8 Å². The third kappa shape index (κ3) is 2.29. The summed E-state index contributed by atoms with van der Waals surface area (Å²) < 4.78 is 11.5. The summed E-state index contributed by atoms with van der Waals surface area (Å²) in [5.74, 6) is 1.59. The molecule has 5 heteroatoms. The second-order valence-electron chi connectivity index (χ2n) is 6.23. The number of amides is 1. The van der Waals surface area contributed by atoms with Gasteiger partial charge in [-0.15, -0.1) is 0 Å². The number of hydrogen-bond acceptors (Lipinski definition) is 4. The highest BCUT2D eigenvalue weighted by atomic mass is 16.5. The van der Waals surface area contributed by atoms with Crippen molar-refractivity contribution in [2.45, 2.75) is 31.4 Å². The van der Waals surface area contributed by atoms with Gasteiger partial charge in [-0.2, -0.15) is 0 Å². The fourth-order valence-electron chi connectivity index (χ4n) is 3.91. The first kappa shape index (κ1) is 13.1. The number of hydrogen-bond donors (Lipinski definition) is 0. The Hall–Kier alpha value is -1.62. The predicted molar refractivity (Wildman–Crippen MR) is 75.8 cm³/mol. The molecule has 1 aromatic heterocycles. The SMILES string of the molecule is O=C([C@H]1CCOC1)N1C[C@H]2CC[C@H]1[C@H]2Oc1cccnc1. The Bertz CT molecular complexity index is 516. The molecule has 2 aliphatic heterocycles. The van der Waals surface area contributed by atoms with E-state index < -0.39 is 0 Å². The lowest BCUT2D eigenvalue weighted by Crippen LogP contribution is -2.43. The van der Waals surface area contributed by atoms with Crippen LogP contribution in [0.1, 0.15) is 19.3 Å². The van der Waals surface area contributed by atoms with Crippen molar-refractivity contribution in [2.75, 3.05) is 19.8 Å². The van der Waals surface area contributed by atoms with E-state index in [4.69, 9.17) is 9.47 Å². The number of likely N-dealkylation sites (tertiary alicyclic amines) is 1. The van der Waals surface area contributed by atoms with E-state index in [-0.39, 0.29) is 24.0 Å². The predicted octanol–water partition coefficient (Wildman–Crippen LogP) is 1.49. The monoisotopic (exact) mass is 288 g/mol.